The smallest absolute Gasteiger partial charge is 0.290 e. The van der Waals surface area contributed by atoms with Gasteiger partial charge in [0.05, 0.1) is 9.83 Å². The van der Waals surface area contributed by atoms with E-state index in [0.29, 0.717) is 22.6 Å². The summed E-state index contributed by atoms with van der Waals surface area (Å²) in [7, 11) is 0. The molecule has 1 N–H and O–H groups in total. The Bertz CT molecular complexity index is 869. The van der Waals surface area contributed by atoms with E-state index in [-0.39, 0.29) is 10.6 Å². The topological polar surface area (TPSA) is 102 Å². The summed E-state index contributed by atoms with van der Waals surface area (Å²) in [5.74, 6) is 0.483. The largest absolute Gasteiger partial charge is 0.457 e. The van der Waals surface area contributed by atoms with E-state index in [1.807, 2.05) is 0 Å². The molecule has 0 unspecified atom stereocenters. The summed E-state index contributed by atoms with van der Waals surface area (Å²) >= 11 is 0.808. The molecule has 2 amide bonds. The second-order valence-corrected chi connectivity index (χ2v) is 5.83. The van der Waals surface area contributed by atoms with Crippen molar-refractivity contribution >= 4 is 34.7 Å². The van der Waals surface area contributed by atoms with Gasteiger partial charge < -0.3 is 4.42 Å². The number of imide groups is 1. The van der Waals surface area contributed by atoms with Crippen LogP contribution in [-0.4, -0.2) is 16.1 Å². The van der Waals surface area contributed by atoms with E-state index in [1.54, 1.807) is 31.2 Å². The molecule has 0 atom stereocenters. The average Bonchev–Trinajstić information content (AvgIpc) is 3.06. The molecule has 1 fully saturated rings. The molecule has 0 bridgehead atoms. The first-order chi connectivity index (χ1) is 10.9. The van der Waals surface area contributed by atoms with Gasteiger partial charge in [-0.05, 0) is 43.0 Å². The van der Waals surface area contributed by atoms with Crippen molar-refractivity contribution in [2.75, 3.05) is 0 Å². The van der Waals surface area contributed by atoms with Crippen molar-refractivity contribution in [3.05, 3.63) is 56.7 Å². The minimum Gasteiger partial charge on any atom is -0.457 e. The first-order valence-corrected chi connectivity index (χ1v) is 7.36. The van der Waals surface area contributed by atoms with Crippen LogP contribution in [0, 0.1) is 17.0 Å². The third-order valence-corrected chi connectivity index (χ3v) is 4.03. The Morgan fingerprint density at radius 3 is 2.65 bits per heavy atom. The van der Waals surface area contributed by atoms with Crippen molar-refractivity contribution in [2.45, 2.75) is 6.92 Å². The Hall–Kier alpha value is -2.87. The number of hydrogen-bond acceptors (Lipinski definition) is 6. The van der Waals surface area contributed by atoms with Crippen molar-refractivity contribution in [1.82, 2.24) is 5.32 Å². The molecule has 0 saturated carbocycles. The average molecular weight is 330 g/mol. The van der Waals surface area contributed by atoms with E-state index >= 15 is 0 Å². The van der Waals surface area contributed by atoms with E-state index in [2.05, 4.69) is 5.32 Å². The standard InChI is InChI=1S/C15H10N2O5S/c1-8-6-9(2-4-11(8)17(20)21)12-5-3-10(22-12)7-13-14(18)16-15(19)23-13/h2-7H,1H3,(H,16,18,19)/b13-7-. The summed E-state index contributed by atoms with van der Waals surface area (Å²) in [5.41, 5.74) is 1.26. The highest BCUT2D eigenvalue weighted by Crippen LogP contribution is 2.30. The van der Waals surface area contributed by atoms with Crippen LogP contribution in [0.2, 0.25) is 0 Å². The lowest BCUT2D eigenvalue weighted by Crippen LogP contribution is -2.17. The van der Waals surface area contributed by atoms with E-state index < -0.39 is 16.1 Å². The van der Waals surface area contributed by atoms with Gasteiger partial charge in [-0.2, -0.15) is 0 Å². The second kappa shape index (κ2) is 5.73. The van der Waals surface area contributed by atoms with E-state index in [1.165, 1.54) is 12.1 Å². The number of thioether (sulfide) groups is 1. The molecule has 3 rings (SSSR count). The molecule has 1 saturated heterocycles. The SMILES string of the molecule is Cc1cc(-c2ccc(/C=C3\SC(=O)NC3=O)o2)ccc1[N+](=O)[O-]. The van der Waals surface area contributed by atoms with Crippen molar-refractivity contribution < 1.29 is 18.9 Å². The summed E-state index contributed by atoms with van der Waals surface area (Å²) in [6.45, 7) is 1.65. The lowest BCUT2D eigenvalue weighted by atomic mass is 10.1. The summed E-state index contributed by atoms with van der Waals surface area (Å²) in [6, 6.07) is 8.04. The lowest BCUT2D eigenvalue weighted by Gasteiger charge is -2.00. The van der Waals surface area contributed by atoms with Crippen molar-refractivity contribution in [3.8, 4) is 11.3 Å². The molecular weight excluding hydrogens is 320 g/mol. The summed E-state index contributed by atoms with van der Waals surface area (Å²) < 4.78 is 5.62. The van der Waals surface area contributed by atoms with Crippen LogP contribution in [0.4, 0.5) is 10.5 Å². The first kappa shape index (κ1) is 15.0. The minimum absolute atomic E-state index is 0.0418. The fourth-order valence-electron chi connectivity index (χ4n) is 2.15. The maximum atomic E-state index is 11.5. The van der Waals surface area contributed by atoms with Gasteiger partial charge >= 0.3 is 0 Å². The van der Waals surface area contributed by atoms with Gasteiger partial charge in [0.15, 0.2) is 0 Å². The van der Waals surface area contributed by atoms with Crippen LogP contribution >= 0.6 is 11.8 Å². The highest BCUT2D eigenvalue weighted by Gasteiger charge is 2.25. The number of furan rings is 1. The minimum atomic E-state index is -0.455. The van der Waals surface area contributed by atoms with E-state index in [4.69, 9.17) is 4.42 Å². The number of nitrogens with zero attached hydrogens (tertiary/aromatic N) is 1. The zero-order valence-electron chi connectivity index (χ0n) is 11.9. The normalized spacial score (nSPS) is 16.0. The summed E-state index contributed by atoms with van der Waals surface area (Å²) in [4.78, 5) is 33.2. The fourth-order valence-corrected chi connectivity index (χ4v) is 2.81. The highest BCUT2D eigenvalue weighted by molar-refractivity contribution is 8.18. The Morgan fingerprint density at radius 2 is 2.04 bits per heavy atom. The second-order valence-electron chi connectivity index (χ2n) is 4.81. The Balaban J connectivity index is 1.89. The first-order valence-electron chi connectivity index (χ1n) is 6.54. The van der Waals surface area contributed by atoms with Gasteiger partial charge in [-0.15, -0.1) is 0 Å². The molecule has 116 valence electrons. The molecule has 1 aromatic carbocycles. The molecule has 23 heavy (non-hydrogen) atoms. The number of nitrogens with one attached hydrogen (secondary N) is 1. The number of nitro benzene ring substituents is 1. The Kier molecular flexibility index (Phi) is 3.75. The van der Waals surface area contributed by atoms with Gasteiger partial charge in [-0.3, -0.25) is 25.0 Å². The van der Waals surface area contributed by atoms with Crippen LogP contribution in [0.25, 0.3) is 17.4 Å². The molecule has 0 spiro atoms. The quantitative estimate of drug-likeness (QED) is 0.525. The predicted molar refractivity (Wildman–Crippen MR) is 84.6 cm³/mol. The number of amides is 2. The van der Waals surface area contributed by atoms with Crippen LogP contribution in [0.15, 0.2) is 39.7 Å². The van der Waals surface area contributed by atoms with Crippen molar-refractivity contribution in [2.24, 2.45) is 0 Å². The van der Waals surface area contributed by atoms with Gasteiger partial charge in [0.1, 0.15) is 11.5 Å². The van der Waals surface area contributed by atoms with E-state index in [0.717, 1.165) is 11.8 Å². The summed E-state index contributed by atoms with van der Waals surface area (Å²) in [6.07, 6.45) is 1.48. The lowest BCUT2D eigenvalue weighted by molar-refractivity contribution is -0.385. The van der Waals surface area contributed by atoms with Crippen molar-refractivity contribution in [3.63, 3.8) is 0 Å². The number of nitro groups is 1. The van der Waals surface area contributed by atoms with Gasteiger partial charge in [0, 0.05) is 23.3 Å². The molecule has 0 aliphatic carbocycles. The van der Waals surface area contributed by atoms with Crippen LogP contribution in [-0.2, 0) is 4.79 Å². The molecule has 1 aliphatic heterocycles. The monoisotopic (exact) mass is 330 g/mol. The molecule has 1 aliphatic rings. The number of hydrogen-bond donors (Lipinski definition) is 1. The molecule has 0 radical (unpaired) electrons. The third kappa shape index (κ3) is 3.02. The van der Waals surface area contributed by atoms with Gasteiger partial charge in [0.2, 0.25) is 0 Å². The number of carbonyl (C=O) groups excluding carboxylic acids is 2. The van der Waals surface area contributed by atoms with Crippen LogP contribution in [0.1, 0.15) is 11.3 Å². The van der Waals surface area contributed by atoms with Gasteiger partial charge in [-0.25, -0.2) is 0 Å². The number of rotatable bonds is 3. The predicted octanol–water partition coefficient (Wildman–Crippen LogP) is 3.49. The number of carbonyl (C=O) groups is 2. The molecule has 1 aromatic heterocycles. The zero-order valence-corrected chi connectivity index (χ0v) is 12.7. The highest BCUT2D eigenvalue weighted by atomic mass is 32.2. The number of benzene rings is 1. The fraction of sp³-hybridized carbons (Fsp3) is 0.0667. The molecule has 7 nitrogen and oxygen atoms in total. The van der Waals surface area contributed by atoms with Crippen molar-refractivity contribution in [1.29, 1.82) is 0 Å². The number of aryl methyl sites for hydroxylation is 1. The molecule has 2 aromatic rings. The zero-order chi connectivity index (χ0) is 16.6. The molecule has 2 heterocycles. The Morgan fingerprint density at radius 1 is 1.26 bits per heavy atom. The molecular formula is C15H10N2O5S. The van der Waals surface area contributed by atoms with Crippen LogP contribution in [0.5, 0.6) is 0 Å². The summed E-state index contributed by atoms with van der Waals surface area (Å²) in [5, 5.41) is 12.6. The Labute approximate surface area is 134 Å². The van der Waals surface area contributed by atoms with Crippen LogP contribution in [0.3, 0.4) is 0 Å². The maximum absolute atomic E-state index is 11.5. The van der Waals surface area contributed by atoms with E-state index in [9.17, 15) is 19.7 Å². The van der Waals surface area contributed by atoms with Gasteiger partial charge in [0.25, 0.3) is 16.8 Å². The van der Waals surface area contributed by atoms with Gasteiger partial charge in [-0.1, -0.05) is 0 Å². The third-order valence-electron chi connectivity index (χ3n) is 3.22. The van der Waals surface area contributed by atoms with Crippen LogP contribution < -0.4 is 5.32 Å². The maximum Gasteiger partial charge on any atom is 0.290 e. The molecule has 8 heteroatoms.